The maximum Gasteiger partial charge on any atom is 0.107 e. The summed E-state index contributed by atoms with van der Waals surface area (Å²) in [5, 5.41) is 0. The Hall–Kier alpha value is -1.22. The SMILES string of the molecule is C#CCOCC=CCOCC#C. The Balaban J connectivity index is 3.06. The van der Waals surface area contributed by atoms with Gasteiger partial charge in [-0.15, -0.1) is 12.8 Å². The predicted molar refractivity (Wildman–Crippen MR) is 48.4 cm³/mol. The topological polar surface area (TPSA) is 18.5 Å². The van der Waals surface area contributed by atoms with Crippen LogP contribution in [0.5, 0.6) is 0 Å². The van der Waals surface area contributed by atoms with Crippen molar-refractivity contribution in [2.45, 2.75) is 0 Å². The fraction of sp³-hybridized carbons (Fsp3) is 0.400. The molecule has 2 heteroatoms. The van der Waals surface area contributed by atoms with Crippen LogP contribution in [0.3, 0.4) is 0 Å². The lowest BCUT2D eigenvalue weighted by atomic mass is 10.5. The highest BCUT2D eigenvalue weighted by Gasteiger charge is 1.78. The molecule has 0 heterocycles. The van der Waals surface area contributed by atoms with Crippen LogP contribution in [0.4, 0.5) is 0 Å². The van der Waals surface area contributed by atoms with Gasteiger partial charge in [-0.05, 0) is 0 Å². The summed E-state index contributed by atoms with van der Waals surface area (Å²) in [5.41, 5.74) is 0. The van der Waals surface area contributed by atoms with Crippen molar-refractivity contribution in [2.75, 3.05) is 26.4 Å². The van der Waals surface area contributed by atoms with Crippen molar-refractivity contribution in [1.29, 1.82) is 0 Å². The van der Waals surface area contributed by atoms with E-state index in [0.29, 0.717) is 26.4 Å². The molecule has 0 saturated carbocycles. The molecule has 0 radical (unpaired) electrons. The molecule has 0 atom stereocenters. The highest BCUT2D eigenvalue weighted by molar-refractivity contribution is 4.87. The van der Waals surface area contributed by atoms with Gasteiger partial charge >= 0.3 is 0 Å². The Labute approximate surface area is 73.6 Å². The van der Waals surface area contributed by atoms with Gasteiger partial charge in [0.2, 0.25) is 0 Å². The first-order chi connectivity index (χ1) is 5.91. The predicted octanol–water partition coefficient (Wildman–Crippen LogP) is 0.842. The standard InChI is InChI=1S/C10H12O2/c1-3-7-11-9-5-6-10-12-8-4-2/h1-2,5-6H,7-10H2. The summed E-state index contributed by atoms with van der Waals surface area (Å²) in [4.78, 5) is 0. The second-order valence-electron chi connectivity index (χ2n) is 1.91. The van der Waals surface area contributed by atoms with Gasteiger partial charge in [0, 0.05) is 0 Å². The van der Waals surface area contributed by atoms with Gasteiger partial charge in [-0.25, -0.2) is 0 Å². The Morgan fingerprint density at radius 1 is 0.917 bits per heavy atom. The molecule has 0 aliphatic rings. The van der Waals surface area contributed by atoms with Crippen LogP contribution in [0.15, 0.2) is 12.2 Å². The normalized spacial score (nSPS) is 9.50. The van der Waals surface area contributed by atoms with Crippen LogP contribution in [-0.4, -0.2) is 26.4 Å². The molecule has 0 aromatic heterocycles. The minimum absolute atomic E-state index is 0.343. The van der Waals surface area contributed by atoms with Gasteiger partial charge in [0.15, 0.2) is 0 Å². The van der Waals surface area contributed by atoms with Crippen LogP contribution in [-0.2, 0) is 9.47 Å². The molecule has 0 aliphatic carbocycles. The largest absolute Gasteiger partial charge is 0.365 e. The molecule has 0 aromatic carbocycles. The van der Waals surface area contributed by atoms with E-state index in [9.17, 15) is 0 Å². The van der Waals surface area contributed by atoms with Crippen LogP contribution in [0.25, 0.3) is 0 Å². The Morgan fingerprint density at radius 3 is 1.67 bits per heavy atom. The average Bonchev–Trinajstić information content (AvgIpc) is 2.10. The molecule has 0 amide bonds. The third-order valence-electron chi connectivity index (χ3n) is 0.966. The minimum Gasteiger partial charge on any atom is -0.365 e. The fourth-order valence-corrected chi connectivity index (χ4v) is 0.508. The summed E-state index contributed by atoms with van der Waals surface area (Å²) in [5.74, 6) is 4.73. The number of hydrogen-bond donors (Lipinski definition) is 0. The van der Waals surface area contributed by atoms with E-state index in [2.05, 4.69) is 11.8 Å². The molecule has 0 spiro atoms. The van der Waals surface area contributed by atoms with Crippen molar-refractivity contribution >= 4 is 0 Å². The molecule has 0 N–H and O–H groups in total. The fourth-order valence-electron chi connectivity index (χ4n) is 0.508. The molecule has 0 saturated heterocycles. The zero-order chi connectivity index (χ0) is 9.07. The van der Waals surface area contributed by atoms with Crippen LogP contribution < -0.4 is 0 Å². The van der Waals surface area contributed by atoms with Gasteiger partial charge in [-0.2, -0.15) is 0 Å². The van der Waals surface area contributed by atoms with E-state index in [-0.39, 0.29) is 0 Å². The molecule has 0 aliphatic heterocycles. The van der Waals surface area contributed by atoms with Crippen molar-refractivity contribution in [3.63, 3.8) is 0 Å². The van der Waals surface area contributed by atoms with Gasteiger partial charge in [-0.3, -0.25) is 0 Å². The van der Waals surface area contributed by atoms with E-state index in [4.69, 9.17) is 22.3 Å². The summed E-state index contributed by atoms with van der Waals surface area (Å²) in [7, 11) is 0. The maximum atomic E-state index is 4.97. The number of ether oxygens (including phenoxy) is 2. The van der Waals surface area contributed by atoms with E-state index < -0.39 is 0 Å². The minimum atomic E-state index is 0.343. The molecule has 64 valence electrons. The van der Waals surface area contributed by atoms with E-state index in [0.717, 1.165) is 0 Å². The maximum absolute atomic E-state index is 4.97. The molecule has 12 heavy (non-hydrogen) atoms. The van der Waals surface area contributed by atoms with E-state index in [1.165, 1.54) is 0 Å². The molecule has 0 fully saturated rings. The monoisotopic (exact) mass is 164 g/mol. The summed E-state index contributed by atoms with van der Waals surface area (Å²) in [6.45, 7) is 1.72. The molecule has 0 unspecified atom stereocenters. The quantitative estimate of drug-likeness (QED) is 0.329. The highest BCUT2D eigenvalue weighted by atomic mass is 16.5. The summed E-state index contributed by atoms with van der Waals surface area (Å²) >= 11 is 0. The Morgan fingerprint density at radius 2 is 1.33 bits per heavy atom. The Bertz CT molecular complexity index is 171. The first-order valence-corrected chi connectivity index (χ1v) is 3.59. The molecule has 2 nitrogen and oxygen atoms in total. The van der Waals surface area contributed by atoms with Crippen LogP contribution in [0, 0.1) is 24.7 Å². The van der Waals surface area contributed by atoms with Crippen LogP contribution in [0.1, 0.15) is 0 Å². The van der Waals surface area contributed by atoms with Gasteiger partial charge in [0.05, 0.1) is 13.2 Å². The second-order valence-corrected chi connectivity index (χ2v) is 1.91. The van der Waals surface area contributed by atoms with Gasteiger partial charge < -0.3 is 9.47 Å². The summed E-state index contributed by atoms with van der Waals surface area (Å²) in [6, 6.07) is 0. The lowest BCUT2D eigenvalue weighted by Gasteiger charge is -1.93. The first kappa shape index (κ1) is 10.8. The zero-order valence-electron chi connectivity index (χ0n) is 6.95. The van der Waals surface area contributed by atoms with Crippen molar-refractivity contribution in [3.05, 3.63) is 12.2 Å². The van der Waals surface area contributed by atoms with Crippen LogP contribution >= 0.6 is 0 Å². The third kappa shape index (κ3) is 8.78. The number of hydrogen-bond acceptors (Lipinski definition) is 2. The van der Waals surface area contributed by atoms with Crippen molar-refractivity contribution in [3.8, 4) is 24.7 Å². The molecule has 0 rings (SSSR count). The van der Waals surface area contributed by atoms with E-state index in [1.807, 2.05) is 12.2 Å². The lowest BCUT2D eigenvalue weighted by molar-refractivity contribution is 0.190. The highest BCUT2D eigenvalue weighted by Crippen LogP contribution is 1.79. The summed E-state index contributed by atoms with van der Waals surface area (Å²) in [6.07, 6.45) is 13.6. The number of rotatable bonds is 6. The van der Waals surface area contributed by atoms with Crippen molar-refractivity contribution < 1.29 is 9.47 Å². The van der Waals surface area contributed by atoms with Crippen molar-refractivity contribution in [1.82, 2.24) is 0 Å². The van der Waals surface area contributed by atoms with Crippen LogP contribution in [0.2, 0.25) is 0 Å². The van der Waals surface area contributed by atoms with Gasteiger partial charge in [0.25, 0.3) is 0 Å². The van der Waals surface area contributed by atoms with Gasteiger partial charge in [0.1, 0.15) is 13.2 Å². The molecular formula is C10H12O2. The Kier molecular flexibility index (Phi) is 8.79. The molecule has 0 aromatic rings. The first-order valence-electron chi connectivity index (χ1n) is 3.59. The van der Waals surface area contributed by atoms with Crippen molar-refractivity contribution in [2.24, 2.45) is 0 Å². The van der Waals surface area contributed by atoms with E-state index >= 15 is 0 Å². The number of terminal acetylenes is 2. The molecule has 0 bridgehead atoms. The zero-order valence-corrected chi connectivity index (χ0v) is 6.95. The average molecular weight is 164 g/mol. The third-order valence-corrected chi connectivity index (χ3v) is 0.966. The lowest BCUT2D eigenvalue weighted by Crippen LogP contribution is -1.93. The second kappa shape index (κ2) is 9.78. The van der Waals surface area contributed by atoms with Gasteiger partial charge in [-0.1, -0.05) is 24.0 Å². The summed E-state index contributed by atoms with van der Waals surface area (Å²) < 4.78 is 9.94. The smallest absolute Gasteiger partial charge is 0.107 e. The molecular weight excluding hydrogens is 152 g/mol. The van der Waals surface area contributed by atoms with E-state index in [1.54, 1.807) is 0 Å².